The van der Waals surface area contributed by atoms with Gasteiger partial charge in [0.1, 0.15) is 5.82 Å². The Kier molecular flexibility index (Phi) is 6.74. The summed E-state index contributed by atoms with van der Waals surface area (Å²) < 4.78 is 38.1. The van der Waals surface area contributed by atoms with Crippen molar-refractivity contribution < 1.29 is 17.6 Å². The van der Waals surface area contributed by atoms with Crippen LogP contribution in [0.3, 0.4) is 0 Å². The van der Waals surface area contributed by atoms with Crippen molar-refractivity contribution in [3.63, 3.8) is 0 Å². The molecule has 0 aliphatic heterocycles. The minimum Gasteiger partial charge on any atom is -0.356 e. The monoisotopic (exact) mass is 356 g/mol. The molecule has 0 spiro atoms. The first kappa shape index (κ1) is 18.9. The number of hydrogen-bond donors (Lipinski definition) is 1. The van der Waals surface area contributed by atoms with E-state index in [1.807, 2.05) is 0 Å². The van der Waals surface area contributed by atoms with Crippen LogP contribution in [0.2, 0.25) is 0 Å². The van der Waals surface area contributed by atoms with Gasteiger partial charge in [0.15, 0.2) is 0 Å². The van der Waals surface area contributed by atoms with E-state index in [2.05, 4.69) is 5.32 Å². The molecule has 1 fully saturated rings. The fourth-order valence-electron chi connectivity index (χ4n) is 3.11. The van der Waals surface area contributed by atoms with Crippen LogP contribution in [0, 0.1) is 5.82 Å². The van der Waals surface area contributed by atoms with E-state index in [1.165, 1.54) is 22.7 Å². The summed E-state index contributed by atoms with van der Waals surface area (Å²) in [5.41, 5.74) is 0.945. The zero-order valence-corrected chi connectivity index (χ0v) is 14.8. The normalized spacial score (nSPS) is 15.8. The lowest BCUT2D eigenvalue weighted by Gasteiger charge is -2.26. The Morgan fingerprint density at radius 2 is 1.88 bits per heavy atom. The van der Waals surface area contributed by atoms with Gasteiger partial charge in [-0.05, 0) is 37.0 Å². The summed E-state index contributed by atoms with van der Waals surface area (Å²) in [6.45, 7) is 0.679. The van der Waals surface area contributed by atoms with Gasteiger partial charge in [-0.25, -0.2) is 12.8 Å². The molecule has 1 aromatic rings. The minimum atomic E-state index is -3.29. The molecule has 1 aliphatic rings. The molecule has 0 radical (unpaired) electrons. The second-order valence-corrected chi connectivity index (χ2v) is 8.22. The summed E-state index contributed by atoms with van der Waals surface area (Å²) in [6, 6.07) is 6.19. The molecule has 5 nitrogen and oxygen atoms in total. The number of rotatable bonds is 8. The van der Waals surface area contributed by atoms with E-state index in [4.69, 9.17) is 0 Å². The molecule has 0 saturated heterocycles. The Morgan fingerprint density at radius 3 is 2.46 bits per heavy atom. The third kappa shape index (κ3) is 5.87. The van der Waals surface area contributed by atoms with Crippen molar-refractivity contribution in [1.29, 1.82) is 0 Å². The van der Waals surface area contributed by atoms with E-state index >= 15 is 0 Å². The number of nitrogens with zero attached hydrogens (tertiary/aromatic N) is 1. The number of nitrogens with one attached hydrogen (secondary N) is 1. The lowest BCUT2D eigenvalue weighted by Crippen LogP contribution is -2.40. The van der Waals surface area contributed by atoms with Crippen LogP contribution in [0.4, 0.5) is 4.39 Å². The van der Waals surface area contributed by atoms with Gasteiger partial charge in [-0.3, -0.25) is 4.79 Å². The van der Waals surface area contributed by atoms with Gasteiger partial charge in [-0.2, -0.15) is 4.31 Å². The second-order valence-electron chi connectivity index (χ2n) is 6.29. The topological polar surface area (TPSA) is 66.5 Å². The molecule has 1 aromatic carbocycles. The third-order valence-electron chi connectivity index (χ3n) is 4.37. The van der Waals surface area contributed by atoms with Crippen molar-refractivity contribution in [2.24, 2.45) is 0 Å². The van der Waals surface area contributed by atoms with Crippen LogP contribution < -0.4 is 5.32 Å². The third-order valence-corrected chi connectivity index (χ3v) is 5.70. The van der Waals surface area contributed by atoms with Crippen LogP contribution in [0.25, 0.3) is 0 Å². The predicted molar refractivity (Wildman–Crippen MR) is 91.5 cm³/mol. The summed E-state index contributed by atoms with van der Waals surface area (Å²) in [5, 5.41) is 2.79. The highest BCUT2D eigenvalue weighted by molar-refractivity contribution is 7.88. The van der Waals surface area contributed by atoms with Crippen molar-refractivity contribution >= 4 is 15.9 Å². The lowest BCUT2D eigenvalue weighted by atomic mass is 10.1. The number of benzene rings is 1. The van der Waals surface area contributed by atoms with Crippen LogP contribution in [-0.2, 0) is 21.2 Å². The van der Waals surface area contributed by atoms with Crippen LogP contribution in [0.5, 0.6) is 0 Å². The predicted octanol–water partition coefficient (Wildman–Crippen LogP) is 2.08. The first-order valence-corrected chi connectivity index (χ1v) is 10.2. The minimum absolute atomic E-state index is 0.0343. The molecule has 0 unspecified atom stereocenters. The molecule has 2 rings (SSSR count). The molecular weight excluding hydrogens is 331 g/mol. The van der Waals surface area contributed by atoms with Gasteiger partial charge in [0.2, 0.25) is 15.9 Å². The quantitative estimate of drug-likeness (QED) is 0.775. The van der Waals surface area contributed by atoms with Crippen molar-refractivity contribution in [2.75, 3.05) is 19.3 Å². The van der Waals surface area contributed by atoms with Crippen LogP contribution in [-0.4, -0.2) is 44.0 Å². The second kappa shape index (κ2) is 8.58. The average molecular weight is 356 g/mol. The molecule has 24 heavy (non-hydrogen) atoms. The average Bonchev–Trinajstić information content (AvgIpc) is 3.02. The molecule has 0 aromatic heterocycles. The lowest BCUT2D eigenvalue weighted by molar-refractivity contribution is -0.121. The number of carbonyl (C=O) groups is 1. The highest BCUT2D eigenvalue weighted by Gasteiger charge is 2.29. The number of hydrogen-bond acceptors (Lipinski definition) is 3. The number of carbonyl (C=O) groups excluding carboxylic acids is 1. The zero-order valence-electron chi connectivity index (χ0n) is 14.0. The van der Waals surface area contributed by atoms with E-state index in [1.54, 1.807) is 12.1 Å². The Balaban J connectivity index is 1.75. The highest BCUT2D eigenvalue weighted by atomic mass is 32.2. The first-order valence-electron chi connectivity index (χ1n) is 8.34. The zero-order chi connectivity index (χ0) is 17.6. The summed E-state index contributed by atoms with van der Waals surface area (Å²) in [4.78, 5) is 11.9. The summed E-state index contributed by atoms with van der Waals surface area (Å²) in [6.07, 6.45) is 5.81. The Hall–Kier alpha value is -1.47. The SMILES string of the molecule is CS(=O)(=O)N(CCC(=O)NCCc1ccc(F)cc1)C1CCCC1. The van der Waals surface area contributed by atoms with E-state index < -0.39 is 10.0 Å². The molecular formula is C17H25FN2O3S. The maximum absolute atomic E-state index is 12.8. The van der Waals surface area contributed by atoms with Crippen molar-refractivity contribution in [3.8, 4) is 0 Å². The fourth-order valence-corrected chi connectivity index (χ4v) is 4.28. The van der Waals surface area contributed by atoms with Crippen LogP contribution >= 0.6 is 0 Å². The summed E-state index contributed by atoms with van der Waals surface area (Å²) in [5.74, 6) is -0.445. The molecule has 0 heterocycles. The fraction of sp³-hybridized carbons (Fsp3) is 0.588. The van der Waals surface area contributed by atoms with Crippen molar-refractivity contribution in [2.45, 2.75) is 44.6 Å². The maximum atomic E-state index is 12.8. The number of halogens is 1. The Bertz CT molecular complexity index is 640. The van der Waals surface area contributed by atoms with Crippen LogP contribution in [0.15, 0.2) is 24.3 Å². The first-order chi connectivity index (χ1) is 11.4. The van der Waals surface area contributed by atoms with E-state index in [-0.39, 0.29) is 30.7 Å². The summed E-state index contributed by atoms with van der Waals surface area (Å²) in [7, 11) is -3.29. The molecule has 1 N–H and O–H groups in total. The summed E-state index contributed by atoms with van der Waals surface area (Å²) >= 11 is 0. The van der Waals surface area contributed by atoms with Gasteiger partial charge in [0, 0.05) is 25.6 Å². The molecule has 0 atom stereocenters. The van der Waals surface area contributed by atoms with Crippen molar-refractivity contribution in [3.05, 3.63) is 35.6 Å². The Labute approximate surface area is 143 Å². The number of amides is 1. The number of sulfonamides is 1. The molecule has 0 bridgehead atoms. The van der Waals surface area contributed by atoms with Gasteiger partial charge < -0.3 is 5.32 Å². The van der Waals surface area contributed by atoms with Crippen molar-refractivity contribution in [1.82, 2.24) is 9.62 Å². The molecule has 1 aliphatic carbocycles. The van der Waals surface area contributed by atoms with E-state index in [0.29, 0.717) is 13.0 Å². The Morgan fingerprint density at radius 1 is 1.25 bits per heavy atom. The largest absolute Gasteiger partial charge is 0.356 e. The maximum Gasteiger partial charge on any atom is 0.221 e. The van der Waals surface area contributed by atoms with Gasteiger partial charge in [0.25, 0.3) is 0 Å². The molecule has 1 amide bonds. The highest BCUT2D eigenvalue weighted by Crippen LogP contribution is 2.25. The van der Waals surface area contributed by atoms with Gasteiger partial charge in [0.05, 0.1) is 6.26 Å². The van der Waals surface area contributed by atoms with Gasteiger partial charge >= 0.3 is 0 Å². The molecule has 134 valence electrons. The van der Waals surface area contributed by atoms with E-state index in [0.717, 1.165) is 31.2 Å². The van der Waals surface area contributed by atoms with Crippen LogP contribution in [0.1, 0.15) is 37.7 Å². The van der Waals surface area contributed by atoms with E-state index in [9.17, 15) is 17.6 Å². The molecule has 7 heteroatoms. The van der Waals surface area contributed by atoms with Gasteiger partial charge in [-0.1, -0.05) is 25.0 Å². The van der Waals surface area contributed by atoms with Gasteiger partial charge in [-0.15, -0.1) is 0 Å². The standard InChI is InChI=1S/C17H25FN2O3S/c1-24(22,23)20(16-4-2-3-5-16)13-11-17(21)19-12-10-14-6-8-15(18)9-7-14/h6-9,16H,2-5,10-13H2,1H3,(H,19,21). The molecule has 1 saturated carbocycles. The smallest absolute Gasteiger partial charge is 0.221 e.